The van der Waals surface area contributed by atoms with Crippen molar-refractivity contribution < 1.29 is 23.7 Å². The highest BCUT2D eigenvalue weighted by atomic mass is 16.5. The molecule has 0 radical (unpaired) electrons. The molecule has 33 heavy (non-hydrogen) atoms. The van der Waals surface area contributed by atoms with Crippen molar-refractivity contribution in [3.63, 3.8) is 0 Å². The summed E-state index contributed by atoms with van der Waals surface area (Å²) in [6.07, 6.45) is 0.300. The smallest absolute Gasteiger partial charge is 0.214 e. The Bertz CT molecular complexity index is 1190. The third-order valence-corrected chi connectivity index (χ3v) is 6.12. The molecular formula is C26H26N2O5. The maximum absolute atomic E-state index is 6.53. The lowest BCUT2D eigenvalue weighted by Gasteiger charge is -2.38. The molecule has 0 spiro atoms. The van der Waals surface area contributed by atoms with Crippen molar-refractivity contribution in [1.82, 2.24) is 5.01 Å². The van der Waals surface area contributed by atoms with Crippen LogP contribution < -0.4 is 23.7 Å². The molecular weight excluding hydrogens is 420 g/mol. The molecule has 7 heteroatoms. The largest absolute Gasteiger partial charge is 0.497 e. The Balaban J connectivity index is 1.60. The normalized spacial score (nSPS) is 18.5. The zero-order valence-electron chi connectivity index (χ0n) is 19.1. The molecule has 2 atom stereocenters. The van der Waals surface area contributed by atoms with Crippen LogP contribution in [0.1, 0.15) is 35.4 Å². The van der Waals surface area contributed by atoms with Crippen molar-refractivity contribution in [1.29, 1.82) is 0 Å². The number of nitrogens with zero attached hydrogens (tertiary/aromatic N) is 2. The maximum atomic E-state index is 6.53. The minimum absolute atomic E-state index is 0.0130. The number of ether oxygens (including phenoxy) is 5. The van der Waals surface area contributed by atoms with Gasteiger partial charge in [-0.15, -0.1) is 0 Å². The van der Waals surface area contributed by atoms with E-state index in [2.05, 4.69) is 6.07 Å². The molecule has 0 aliphatic carbocycles. The number of para-hydroxylation sites is 1. The Hall–Kier alpha value is -3.87. The fraction of sp³-hybridized carbons (Fsp3) is 0.269. The van der Waals surface area contributed by atoms with Crippen LogP contribution in [0.15, 0.2) is 65.8 Å². The molecule has 5 rings (SSSR count). The van der Waals surface area contributed by atoms with Gasteiger partial charge in [-0.2, -0.15) is 5.10 Å². The first kappa shape index (κ1) is 21.0. The zero-order valence-corrected chi connectivity index (χ0v) is 19.1. The molecule has 170 valence electrons. The highest BCUT2D eigenvalue weighted by Crippen LogP contribution is 2.51. The average Bonchev–Trinajstić information content (AvgIpc) is 3.33. The van der Waals surface area contributed by atoms with E-state index in [1.54, 1.807) is 28.4 Å². The van der Waals surface area contributed by atoms with Gasteiger partial charge in [-0.25, -0.2) is 5.01 Å². The van der Waals surface area contributed by atoms with Gasteiger partial charge in [0, 0.05) is 17.5 Å². The average molecular weight is 447 g/mol. The summed E-state index contributed by atoms with van der Waals surface area (Å²) in [5.74, 6) is 3.56. The van der Waals surface area contributed by atoms with Gasteiger partial charge >= 0.3 is 0 Å². The minimum Gasteiger partial charge on any atom is -0.497 e. The quantitative estimate of drug-likeness (QED) is 0.533. The highest BCUT2D eigenvalue weighted by molar-refractivity contribution is 6.02. The van der Waals surface area contributed by atoms with E-state index in [0.717, 1.165) is 40.3 Å². The number of methoxy groups -OCH3 is 4. The van der Waals surface area contributed by atoms with Crippen molar-refractivity contribution in [2.45, 2.75) is 18.7 Å². The van der Waals surface area contributed by atoms with Crippen molar-refractivity contribution in [2.24, 2.45) is 5.10 Å². The van der Waals surface area contributed by atoms with Crippen LogP contribution in [0.2, 0.25) is 0 Å². The molecule has 7 nitrogen and oxygen atoms in total. The van der Waals surface area contributed by atoms with Crippen LogP contribution in [0.3, 0.4) is 0 Å². The van der Waals surface area contributed by atoms with Gasteiger partial charge in [0.2, 0.25) is 6.23 Å². The van der Waals surface area contributed by atoms with Crippen molar-refractivity contribution >= 4 is 5.71 Å². The van der Waals surface area contributed by atoms with Crippen LogP contribution in [-0.4, -0.2) is 39.2 Å². The Morgan fingerprint density at radius 1 is 0.818 bits per heavy atom. The number of hydrogen-bond donors (Lipinski definition) is 0. The summed E-state index contributed by atoms with van der Waals surface area (Å²) in [5.41, 5.74) is 4.01. The fourth-order valence-corrected chi connectivity index (χ4v) is 4.43. The van der Waals surface area contributed by atoms with Crippen LogP contribution in [0, 0.1) is 0 Å². The number of hydrogen-bond acceptors (Lipinski definition) is 7. The lowest BCUT2D eigenvalue weighted by atomic mass is 9.95. The molecule has 2 aliphatic rings. The first-order valence-corrected chi connectivity index (χ1v) is 10.7. The molecule has 2 aliphatic heterocycles. The van der Waals surface area contributed by atoms with E-state index in [-0.39, 0.29) is 6.04 Å². The lowest BCUT2D eigenvalue weighted by Crippen LogP contribution is -2.33. The summed E-state index contributed by atoms with van der Waals surface area (Å²) in [6.45, 7) is 0. The molecule has 3 aromatic carbocycles. The second-order valence-corrected chi connectivity index (χ2v) is 7.84. The number of hydrazone groups is 1. The number of rotatable bonds is 6. The van der Waals surface area contributed by atoms with E-state index >= 15 is 0 Å². The summed E-state index contributed by atoms with van der Waals surface area (Å²) in [7, 11) is 6.57. The van der Waals surface area contributed by atoms with Crippen LogP contribution in [0.5, 0.6) is 28.7 Å². The predicted molar refractivity (Wildman–Crippen MR) is 125 cm³/mol. The van der Waals surface area contributed by atoms with Gasteiger partial charge in [0.25, 0.3) is 0 Å². The molecule has 0 fully saturated rings. The van der Waals surface area contributed by atoms with E-state index < -0.39 is 6.23 Å². The summed E-state index contributed by atoms with van der Waals surface area (Å²) < 4.78 is 28.4. The number of fused-ring (bicyclic) bond motifs is 3. The predicted octanol–water partition coefficient (Wildman–Crippen LogP) is 4.96. The van der Waals surface area contributed by atoms with Crippen LogP contribution in [0.4, 0.5) is 0 Å². The van der Waals surface area contributed by atoms with Gasteiger partial charge in [0.15, 0.2) is 23.0 Å². The molecule has 0 aromatic heterocycles. The van der Waals surface area contributed by atoms with Gasteiger partial charge in [0.05, 0.1) is 40.2 Å². The molecule has 0 unspecified atom stereocenters. The topological polar surface area (TPSA) is 61.8 Å². The summed E-state index contributed by atoms with van der Waals surface area (Å²) >= 11 is 0. The molecule has 0 bridgehead atoms. The lowest BCUT2D eigenvalue weighted by molar-refractivity contribution is -0.0210. The van der Waals surface area contributed by atoms with Crippen molar-refractivity contribution in [3.8, 4) is 28.7 Å². The molecule has 3 aromatic rings. The number of benzene rings is 3. The van der Waals surface area contributed by atoms with Gasteiger partial charge < -0.3 is 23.7 Å². The van der Waals surface area contributed by atoms with E-state index in [0.29, 0.717) is 17.2 Å². The Kier molecular flexibility index (Phi) is 5.46. The van der Waals surface area contributed by atoms with Crippen LogP contribution in [-0.2, 0) is 0 Å². The van der Waals surface area contributed by atoms with Gasteiger partial charge in [-0.3, -0.25) is 0 Å². The van der Waals surface area contributed by atoms with E-state index in [9.17, 15) is 0 Å². The molecule has 0 N–H and O–H groups in total. The maximum Gasteiger partial charge on any atom is 0.214 e. The fourth-order valence-electron chi connectivity index (χ4n) is 4.43. The third-order valence-electron chi connectivity index (χ3n) is 6.12. The molecule has 0 amide bonds. The highest BCUT2D eigenvalue weighted by Gasteiger charge is 2.42. The zero-order chi connectivity index (χ0) is 22.9. The van der Waals surface area contributed by atoms with E-state index in [4.69, 9.17) is 28.8 Å². The second-order valence-electron chi connectivity index (χ2n) is 7.84. The monoisotopic (exact) mass is 446 g/mol. The van der Waals surface area contributed by atoms with Gasteiger partial charge in [0.1, 0.15) is 5.75 Å². The summed E-state index contributed by atoms with van der Waals surface area (Å²) in [5, 5.41) is 7.05. The molecule has 2 heterocycles. The molecule has 0 saturated carbocycles. The summed E-state index contributed by atoms with van der Waals surface area (Å²) in [4.78, 5) is 0. The standard InChI is InChI=1S/C26H26N2O5/c1-29-18-11-8-16(9-12-18)20-15-21-19-6-5-7-23(31-3)25(19)33-26(28(21)27-20)17-10-13-22(30-2)24(14-17)32-4/h5-14,21,26H,15H2,1-4H3/t21-,26-/m0/s1. The van der Waals surface area contributed by atoms with Gasteiger partial charge in [-0.05, 0) is 54.1 Å². The minimum atomic E-state index is -0.450. The molecule has 0 saturated heterocycles. The SMILES string of the molecule is COc1ccc(C2=NN3[C@@H](C2)c2cccc(OC)c2O[C@H]3c2ccc(OC)c(OC)c2)cc1. The van der Waals surface area contributed by atoms with Gasteiger partial charge in [-0.1, -0.05) is 12.1 Å². The summed E-state index contributed by atoms with van der Waals surface area (Å²) in [6, 6.07) is 19.8. The van der Waals surface area contributed by atoms with E-state index in [1.165, 1.54) is 0 Å². The van der Waals surface area contributed by atoms with Crippen LogP contribution in [0.25, 0.3) is 0 Å². The van der Waals surface area contributed by atoms with E-state index in [1.807, 2.05) is 59.6 Å². The van der Waals surface area contributed by atoms with Crippen LogP contribution >= 0.6 is 0 Å². The Morgan fingerprint density at radius 2 is 1.58 bits per heavy atom. The third kappa shape index (κ3) is 3.59. The Morgan fingerprint density at radius 3 is 2.27 bits per heavy atom. The first-order valence-electron chi connectivity index (χ1n) is 10.7. The van der Waals surface area contributed by atoms with Crippen molar-refractivity contribution in [3.05, 3.63) is 77.4 Å². The first-order chi connectivity index (χ1) is 16.2. The Labute approximate surface area is 193 Å². The second kappa shape index (κ2) is 8.58. The van der Waals surface area contributed by atoms with Crippen molar-refractivity contribution in [2.75, 3.05) is 28.4 Å².